The number of nitrogens with zero attached hydrogens (tertiary/aromatic N) is 6. The van der Waals surface area contributed by atoms with Crippen LogP contribution < -0.4 is 9.80 Å². The molecule has 1 atom stereocenters. The van der Waals surface area contributed by atoms with Crippen molar-refractivity contribution in [3.8, 4) is 0 Å². The van der Waals surface area contributed by atoms with Crippen molar-refractivity contribution < 1.29 is 14.1 Å². The fraction of sp³-hybridized carbons (Fsp3) is 0.500. The number of carbonyl (C=O) groups excluding carboxylic acids is 1. The maximum Gasteiger partial charge on any atom is 0.289 e. The molecule has 1 aliphatic heterocycles. The van der Waals surface area contributed by atoms with Crippen molar-refractivity contribution >= 4 is 11.6 Å². The van der Waals surface area contributed by atoms with Crippen LogP contribution in [0.1, 0.15) is 48.3 Å². The summed E-state index contributed by atoms with van der Waals surface area (Å²) in [5.41, 5.74) is 2.34. The maximum atomic E-state index is 12.7. The molecule has 0 unspecified atom stereocenters. The third-order valence-corrected chi connectivity index (χ3v) is 6.31. The molecule has 2 aromatic heterocycles. The second-order valence-electron chi connectivity index (χ2n) is 9.29. The van der Waals surface area contributed by atoms with Gasteiger partial charge in [-0.1, -0.05) is 26.0 Å². The van der Waals surface area contributed by atoms with Crippen LogP contribution in [-0.4, -0.2) is 71.3 Å². The van der Waals surface area contributed by atoms with Crippen LogP contribution in [0, 0.1) is 5.92 Å². The van der Waals surface area contributed by atoms with Gasteiger partial charge in [0.2, 0.25) is 5.82 Å². The lowest BCUT2D eigenvalue weighted by Crippen LogP contribution is -3.15. The van der Waals surface area contributed by atoms with Crippen LogP contribution in [0.5, 0.6) is 0 Å². The summed E-state index contributed by atoms with van der Waals surface area (Å²) in [4.78, 5) is 18.0. The average Bonchev–Trinajstić information content (AvgIpc) is 3.51. The second-order valence-corrected chi connectivity index (χ2v) is 9.29. The zero-order valence-electron chi connectivity index (χ0n) is 19.9. The van der Waals surface area contributed by atoms with Crippen molar-refractivity contribution in [2.45, 2.75) is 32.9 Å². The number of hydrogen-bond donors (Lipinski definition) is 1. The first kappa shape index (κ1) is 23.0. The van der Waals surface area contributed by atoms with E-state index in [0.717, 1.165) is 37.6 Å². The summed E-state index contributed by atoms with van der Waals surface area (Å²) >= 11 is 0. The van der Waals surface area contributed by atoms with Gasteiger partial charge in [-0.25, -0.2) is 4.68 Å². The van der Waals surface area contributed by atoms with Gasteiger partial charge in [0.1, 0.15) is 0 Å². The molecule has 1 amide bonds. The van der Waals surface area contributed by atoms with Gasteiger partial charge in [0.05, 0.1) is 32.4 Å². The van der Waals surface area contributed by atoms with Gasteiger partial charge >= 0.3 is 0 Å². The Hall–Kier alpha value is -3.20. The summed E-state index contributed by atoms with van der Waals surface area (Å²) in [5.74, 6) is 1.80. The molecule has 1 aromatic carbocycles. The molecule has 9 heteroatoms. The predicted molar refractivity (Wildman–Crippen MR) is 125 cm³/mol. The van der Waals surface area contributed by atoms with E-state index in [4.69, 9.17) is 4.42 Å². The number of hydrogen-bond acceptors (Lipinski definition) is 6. The highest BCUT2D eigenvalue weighted by Gasteiger charge is 2.35. The zero-order valence-corrected chi connectivity index (χ0v) is 19.9. The molecular weight excluding hydrogens is 418 g/mol. The first-order valence-corrected chi connectivity index (χ1v) is 11.6. The summed E-state index contributed by atoms with van der Waals surface area (Å²) in [6.07, 6.45) is 2.56. The van der Waals surface area contributed by atoms with Gasteiger partial charge in [-0.2, -0.15) is 0 Å². The molecule has 1 fully saturated rings. The number of piperazine rings is 1. The van der Waals surface area contributed by atoms with Gasteiger partial charge < -0.3 is 19.1 Å². The molecule has 3 heterocycles. The minimum absolute atomic E-state index is 0.00393. The number of aromatic nitrogens is 4. The SMILES string of the molecule is CC(C)CCn1nnnc1[C@@H](c1ccc(N(C)C)cc1)[NH+]1CCN(C(=O)c2ccco2)CC1. The van der Waals surface area contributed by atoms with Gasteiger partial charge in [-0.05, 0) is 47.0 Å². The van der Waals surface area contributed by atoms with E-state index >= 15 is 0 Å². The lowest BCUT2D eigenvalue weighted by atomic mass is 10.0. The van der Waals surface area contributed by atoms with Gasteiger partial charge in [0.15, 0.2) is 11.8 Å². The Morgan fingerprint density at radius 1 is 1.15 bits per heavy atom. The Labute approximate surface area is 195 Å². The average molecular weight is 453 g/mol. The van der Waals surface area contributed by atoms with E-state index in [2.05, 4.69) is 58.5 Å². The first-order valence-electron chi connectivity index (χ1n) is 11.6. The van der Waals surface area contributed by atoms with E-state index in [9.17, 15) is 4.79 Å². The van der Waals surface area contributed by atoms with E-state index in [1.54, 1.807) is 18.4 Å². The van der Waals surface area contributed by atoms with Crippen LogP contribution in [0.2, 0.25) is 0 Å². The molecule has 1 N–H and O–H groups in total. The smallest absolute Gasteiger partial charge is 0.289 e. The highest BCUT2D eigenvalue weighted by molar-refractivity contribution is 5.91. The minimum atomic E-state index is -0.0484. The van der Waals surface area contributed by atoms with Crippen molar-refractivity contribution in [1.82, 2.24) is 25.1 Å². The molecule has 176 valence electrons. The summed E-state index contributed by atoms with van der Waals surface area (Å²) in [6.45, 7) is 8.16. The Morgan fingerprint density at radius 3 is 2.48 bits per heavy atom. The van der Waals surface area contributed by atoms with Crippen LogP contribution >= 0.6 is 0 Å². The third kappa shape index (κ3) is 5.24. The topological polar surface area (TPSA) is 84.7 Å². The van der Waals surface area contributed by atoms with Gasteiger partial charge in [-0.3, -0.25) is 4.79 Å². The summed E-state index contributed by atoms with van der Waals surface area (Å²) in [6, 6.07) is 12.1. The standard InChI is InChI=1S/C24H33N7O2/c1-18(2)11-12-31-23(25-26-27-31)22(19-7-9-20(10-8-19)28(3)4)29-13-15-30(16-14-29)24(32)21-6-5-17-33-21/h5-10,17-18,22H,11-16H2,1-4H3/p+1/t22-/m1/s1. The number of benzene rings is 1. The fourth-order valence-electron chi connectivity index (χ4n) is 4.33. The van der Waals surface area contributed by atoms with Crippen molar-refractivity contribution in [3.63, 3.8) is 0 Å². The summed E-state index contributed by atoms with van der Waals surface area (Å²) < 4.78 is 7.27. The van der Waals surface area contributed by atoms with Crippen LogP contribution in [0.15, 0.2) is 47.1 Å². The molecule has 1 aliphatic rings. The Morgan fingerprint density at radius 2 is 1.88 bits per heavy atom. The number of amides is 1. The molecule has 0 aliphatic carbocycles. The van der Waals surface area contributed by atoms with Crippen LogP contribution in [0.4, 0.5) is 5.69 Å². The third-order valence-electron chi connectivity index (χ3n) is 6.31. The highest BCUT2D eigenvalue weighted by Crippen LogP contribution is 2.21. The normalized spacial score (nSPS) is 15.7. The molecule has 4 rings (SSSR count). The Kier molecular flexibility index (Phi) is 7.08. The largest absolute Gasteiger partial charge is 0.459 e. The molecule has 9 nitrogen and oxygen atoms in total. The second kappa shape index (κ2) is 10.2. The first-order chi connectivity index (χ1) is 15.9. The van der Waals surface area contributed by atoms with Crippen molar-refractivity contribution in [1.29, 1.82) is 0 Å². The predicted octanol–water partition coefficient (Wildman–Crippen LogP) is 1.51. The van der Waals surface area contributed by atoms with E-state index in [1.807, 2.05) is 23.7 Å². The van der Waals surface area contributed by atoms with Crippen molar-refractivity contribution in [2.24, 2.45) is 5.92 Å². The molecule has 33 heavy (non-hydrogen) atoms. The monoisotopic (exact) mass is 452 g/mol. The quantitative estimate of drug-likeness (QED) is 0.558. The summed E-state index contributed by atoms with van der Waals surface area (Å²) in [7, 11) is 4.08. The number of tetrazole rings is 1. The molecule has 1 saturated heterocycles. The molecule has 0 radical (unpaired) electrons. The lowest BCUT2D eigenvalue weighted by Gasteiger charge is -2.36. The molecule has 3 aromatic rings. The maximum absolute atomic E-state index is 12.7. The number of aryl methyl sites for hydroxylation is 1. The molecular formula is C24H34N7O2+. The molecule has 0 spiro atoms. The van der Waals surface area contributed by atoms with Crippen LogP contribution in [-0.2, 0) is 6.54 Å². The number of rotatable bonds is 8. The number of quaternary nitrogens is 1. The molecule has 0 bridgehead atoms. The number of furan rings is 1. The van der Waals surface area contributed by atoms with E-state index in [1.165, 1.54) is 10.5 Å². The summed E-state index contributed by atoms with van der Waals surface area (Å²) in [5, 5.41) is 12.8. The van der Waals surface area contributed by atoms with Crippen LogP contribution in [0.25, 0.3) is 0 Å². The Balaban J connectivity index is 1.57. The minimum Gasteiger partial charge on any atom is -0.459 e. The van der Waals surface area contributed by atoms with E-state index < -0.39 is 0 Å². The van der Waals surface area contributed by atoms with E-state index in [0.29, 0.717) is 24.8 Å². The number of nitrogens with one attached hydrogen (secondary N) is 1. The van der Waals surface area contributed by atoms with Gasteiger partial charge in [0.25, 0.3) is 5.91 Å². The number of anilines is 1. The van der Waals surface area contributed by atoms with Crippen LogP contribution in [0.3, 0.4) is 0 Å². The van der Waals surface area contributed by atoms with E-state index in [-0.39, 0.29) is 11.9 Å². The highest BCUT2D eigenvalue weighted by atomic mass is 16.3. The van der Waals surface area contributed by atoms with Gasteiger partial charge in [-0.15, -0.1) is 5.10 Å². The number of carbonyl (C=O) groups is 1. The van der Waals surface area contributed by atoms with Gasteiger partial charge in [0, 0.05) is 31.9 Å². The fourth-order valence-corrected chi connectivity index (χ4v) is 4.33. The molecule has 0 saturated carbocycles. The zero-order chi connectivity index (χ0) is 23.4. The van der Waals surface area contributed by atoms with Crippen molar-refractivity contribution in [3.05, 3.63) is 59.8 Å². The van der Waals surface area contributed by atoms with Crippen molar-refractivity contribution in [2.75, 3.05) is 45.2 Å². The Bertz CT molecular complexity index is 1020. The lowest BCUT2D eigenvalue weighted by molar-refractivity contribution is -0.930.